The SMILES string of the molecule is Cc1ccc(N)c(C(=O)Nc2cc(S(=O)(=O)O)c3ccccc3c2O)c1. The molecule has 7 nitrogen and oxygen atoms in total. The number of fused-ring (bicyclic) bond motifs is 1. The third-order valence-corrected chi connectivity index (χ3v) is 4.85. The molecule has 26 heavy (non-hydrogen) atoms. The van der Waals surface area contributed by atoms with E-state index < -0.39 is 20.9 Å². The van der Waals surface area contributed by atoms with Gasteiger partial charge in [-0.3, -0.25) is 9.35 Å². The molecule has 3 rings (SSSR count). The van der Waals surface area contributed by atoms with Crippen LogP contribution < -0.4 is 11.1 Å². The van der Waals surface area contributed by atoms with Gasteiger partial charge in [0.25, 0.3) is 16.0 Å². The normalized spacial score (nSPS) is 11.5. The van der Waals surface area contributed by atoms with Crippen molar-refractivity contribution in [2.45, 2.75) is 11.8 Å². The molecule has 0 radical (unpaired) electrons. The summed E-state index contributed by atoms with van der Waals surface area (Å²) in [4.78, 5) is 12.1. The fraction of sp³-hybridized carbons (Fsp3) is 0.0556. The molecular weight excluding hydrogens is 356 g/mol. The number of nitrogens with two attached hydrogens (primary N) is 1. The van der Waals surface area contributed by atoms with Gasteiger partial charge < -0.3 is 16.2 Å². The van der Waals surface area contributed by atoms with Crippen molar-refractivity contribution in [3.05, 3.63) is 59.7 Å². The lowest BCUT2D eigenvalue weighted by Gasteiger charge is -2.13. The molecular formula is C18H16N2O5S. The number of carbonyl (C=O) groups excluding carboxylic acids is 1. The summed E-state index contributed by atoms with van der Waals surface area (Å²) in [6.45, 7) is 1.79. The molecule has 134 valence electrons. The Bertz CT molecular complexity index is 1140. The topological polar surface area (TPSA) is 130 Å². The predicted octanol–water partition coefficient (Wildman–Crippen LogP) is 2.94. The first-order chi connectivity index (χ1) is 12.2. The summed E-state index contributed by atoms with van der Waals surface area (Å²) in [5, 5.41) is 13.2. The first-order valence-electron chi connectivity index (χ1n) is 7.58. The zero-order valence-corrected chi connectivity index (χ0v) is 14.5. The second-order valence-electron chi connectivity index (χ2n) is 5.84. The summed E-state index contributed by atoms with van der Waals surface area (Å²) in [5.41, 5.74) is 6.90. The van der Waals surface area contributed by atoms with Gasteiger partial charge in [-0.1, -0.05) is 35.9 Å². The first kappa shape index (κ1) is 17.7. The number of nitrogen functional groups attached to an aromatic ring is 1. The van der Waals surface area contributed by atoms with Gasteiger partial charge in [-0.05, 0) is 25.1 Å². The molecule has 0 aliphatic rings. The smallest absolute Gasteiger partial charge is 0.295 e. The number of hydrogen-bond donors (Lipinski definition) is 4. The van der Waals surface area contributed by atoms with Crippen molar-refractivity contribution in [3.63, 3.8) is 0 Å². The van der Waals surface area contributed by atoms with E-state index in [4.69, 9.17) is 5.73 Å². The number of aromatic hydroxyl groups is 1. The molecule has 5 N–H and O–H groups in total. The number of hydrogen-bond acceptors (Lipinski definition) is 5. The molecule has 1 amide bonds. The zero-order chi connectivity index (χ0) is 19.1. The number of carbonyl (C=O) groups is 1. The Morgan fingerprint density at radius 2 is 1.73 bits per heavy atom. The van der Waals surface area contributed by atoms with Crippen LogP contribution in [-0.2, 0) is 10.1 Å². The van der Waals surface area contributed by atoms with Gasteiger partial charge in [0.15, 0.2) is 0 Å². The largest absolute Gasteiger partial charge is 0.505 e. The van der Waals surface area contributed by atoms with E-state index in [1.165, 1.54) is 12.1 Å². The van der Waals surface area contributed by atoms with Crippen molar-refractivity contribution in [1.82, 2.24) is 0 Å². The van der Waals surface area contributed by atoms with E-state index in [-0.39, 0.29) is 33.5 Å². The van der Waals surface area contributed by atoms with Gasteiger partial charge in [-0.25, -0.2) is 0 Å². The quantitative estimate of drug-likeness (QED) is 0.318. The number of amides is 1. The Labute approximate surface area is 149 Å². The van der Waals surface area contributed by atoms with Crippen LogP contribution in [0.5, 0.6) is 5.75 Å². The lowest BCUT2D eigenvalue weighted by atomic mass is 10.1. The number of benzene rings is 3. The molecule has 0 fully saturated rings. The number of phenols is 1. The number of anilines is 2. The highest BCUT2D eigenvalue weighted by atomic mass is 32.2. The van der Waals surface area contributed by atoms with Crippen LogP contribution in [0.3, 0.4) is 0 Å². The molecule has 0 aliphatic carbocycles. The molecule has 0 bridgehead atoms. The van der Waals surface area contributed by atoms with Crippen molar-refractivity contribution in [2.24, 2.45) is 0 Å². The minimum Gasteiger partial charge on any atom is -0.505 e. The van der Waals surface area contributed by atoms with Gasteiger partial charge in [0, 0.05) is 16.5 Å². The molecule has 0 atom stereocenters. The Hall–Kier alpha value is -3.10. The molecule has 0 aliphatic heterocycles. The van der Waals surface area contributed by atoms with Crippen LogP contribution in [0.1, 0.15) is 15.9 Å². The lowest BCUT2D eigenvalue weighted by molar-refractivity contribution is 0.102. The van der Waals surface area contributed by atoms with E-state index in [0.29, 0.717) is 0 Å². The highest BCUT2D eigenvalue weighted by Crippen LogP contribution is 2.37. The second-order valence-corrected chi connectivity index (χ2v) is 7.23. The standard InChI is InChI=1S/C18H16N2O5S/c1-10-6-7-14(19)13(8-10)18(22)20-15-9-16(26(23,24)25)11-4-2-3-5-12(11)17(15)21/h2-9,21H,19H2,1H3,(H,20,22)(H,23,24,25). The summed E-state index contributed by atoms with van der Waals surface area (Å²) in [7, 11) is -4.57. The number of nitrogens with one attached hydrogen (secondary N) is 1. The average molecular weight is 372 g/mol. The fourth-order valence-electron chi connectivity index (χ4n) is 2.69. The molecule has 0 heterocycles. The van der Waals surface area contributed by atoms with E-state index >= 15 is 0 Å². The van der Waals surface area contributed by atoms with E-state index in [2.05, 4.69) is 5.32 Å². The van der Waals surface area contributed by atoms with Gasteiger partial charge in [0.1, 0.15) is 10.6 Å². The summed E-state index contributed by atoms with van der Waals surface area (Å²) in [6.07, 6.45) is 0. The summed E-state index contributed by atoms with van der Waals surface area (Å²) in [5.74, 6) is -0.925. The minimum atomic E-state index is -4.57. The van der Waals surface area contributed by atoms with Gasteiger partial charge in [0.2, 0.25) is 0 Å². The second kappa shape index (κ2) is 6.32. The van der Waals surface area contributed by atoms with E-state index in [9.17, 15) is 22.9 Å². The van der Waals surface area contributed by atoms with Crippen LogP contribution in [0.4, 0.5) is 11.4 Å². The Morgan fingerprint density at radius 1 is 1.08 bits per heavy atom. The average Bonchev–Trinajstić information content (AvgIpc) is 2.58. The molecule has 0 aromatic heterocycles. The monoisotopic (exact) mass is 372 g/mol. The Kier molecular flexibility index (Phi) is 4.31. The van der Waals surface area contributed by atoms with Gasteiger partial charge in [0.05, 0.1) is 11.3 Å². The molecule has 0 saturated carbocycles. The number of aryl methyl sites for hydroxylation is 1. The molecule has 3 aromatic rings. The van der Waals surface area contributed by atoms with Crippen molar-refractivity contribution in [2.75, 3.05) is 11.1 Å². The van der Waals surface area contributed by atoms with Crippen molar-refractivity contribution >= 4 is 38.2 Å². The van der Waals surface area contributed by atoms with Crippen LogP contribution in [0.25, 0.3) is 10.8 Å². The van der Waals surface area contributed by atoms with E-state index in [1.807, 2.05) is 0 Å². The maximum atomic E-state index is 12.5. The van der Waals surface area contributed by atoms with Gasteiger partial charge >= 0.3 is 0 Å². The van der Waals surface area contributed by atoms with Crippen molar-refractivity contribution in [3.8, 4) is 5.75 Å². The number of phenolic OH excluding ortho intramolecular Hbond substituents is 1. The molecule has 8 heteroatoms. The molecule has 0 spiro atoms. The lowest BCUT2D eigenvalue weighted by Crippen LogP contribution is -2.15. The summed E-state index contributed by atoms with van der Waals surface area (Å²) < 4.78 is 32.9. The maximum absolute atomic E-state index is 12.5. The van der Waals surface area contributed by atoms with Crippen LogP contribution in [0.2, 0.25) is 0 Å². The molecule has 0 unspecified atom stereocenters. The fourth-order valence-corrected chi connectivity index (χ4v) is 3.41. The highest BCUT2D eigenvalue weighted by molar-refractivity contribution is 7.86. The number of rotatable bonds is 3. The first-order valence-corrected chi connectivity index (χ1v) is 9.02. The summed E-state index contributed by atoms with van der Waals surface area (Å²) >= 11 is 0. The van der Waals surface area contributed by atoms with Crippen molar-refractivity contribution < 1.29 is 22.9 Å². The predicted molar refractivity (Wildman–Crippen MR) is 99.0 cm³/mol. The third kappa shape index (κ3) is 3.19. The minimum absolute atomic E-state index is 0.139. The van der Waals surface area contributed by atoms with Crippen LogP contribution in [0, 0.1) is 6.92 Å². The van der Waals surface area contributed by atoms with Crippen LogP contribution >= 0.6 is 0 Å². The van der Waals surface area contributed by atoms with Crippen LogP contribution in [-0.4, -0.2) is 24.0 Å². The maximum Gasteiger partial charge on any atom is 0.295 e. The van der Waals surface area contributed by atoms with Crippen LogP contribution in [0.15, 0.2) is 53.4 Å². The van der Waals surface area contributed by atoms with Gasteiger partial charge in [-0.2, -0.15) is 8.42 Å². The highest BCUT2D eigenvalue weighted by Gasteiger charge is 2.21. The summed E-state index contributed by atoms with van der Waals surface area (Å²) in [6, 6.07) is 12.0. The Balaban J connectivity index is 2.15. The third-order valence-electron chi connectivity index (χ3n) is 3.96. The zero-order valence-electron chi connectivity index (χ0n) is 13.7. The molecule has 0 saturated heterocycles. The molecule has 3 aromatic carbocycles. The Morgan fingerprint density at radius 3 is 2.38 bits per heavy atom. The van der Waals surface area contributed by atoms with Crippen molar-refractivity contribution in [1.29, 1.82) is 0 Å². The van der Waals surface area contributed by atoms with E-state index in [1.54, 1.807) is 37.3 Å². The van der Waals surface area contributed by atoms with Gasteiger partial charge in [-0.15, -0.1) is 0 Å². The van der Waals surface area contributed by atoms with E-state index in [0.717, 1.165) is 11.6 Å².